The van der Waals surface area contributed by atoms with Gasteiger partial charge < -0.3 is 4.74 Å². The molecule has 0 amide bonds. The van der Waals surface area contributed by atoms with Gasteiger partial charge in [-0.1, -0.05) is 56.6 Å². The van der Waals surface area contributed by atoms with E-state index in [-0.39, 0.29) is 5.41 Å². The van der Waals surface area contributed by atoms with Crippen molar-refractivity contribution in [2.75, 3.05) is 7.11 Å². The Kier molecular flexibility index (Phi) is 5.70. The van der Waals surface area contributed by atoms with Gasteiger partial charge in [-0.05, 0) is 63.5 Å². The second-order valence-corrected chi connectivity index (χ2v) is 9.98. The summed E-state index contributed by atoms with van der Waals surface area (Å²) in [6, 6.07) is 17.6. The van der Waals surface area contributed by atoms with Crippen molar-refractivity contribution in [3.63, 3.8) is 0 Å². The first-order valence-electron chi connectivity index (χ1n) is 10.5. The summed E-state index contributed by atoms with van der Waals surface area (Å²) in [6.45, 7) is 6.56. The molecular weight excluding hydrogens is 472 g/mol. The number of hydrogen-bond acceptors (Lipinski definition) is 8. The SMILES string of the molecule is COc1ccc(-n2c(Sc3ccc4nnnn4n3)nnc2-c2ccc(C(C)(C)C)cc2)cc1Cl. The molecule has 5 rings (SSSR count). The van der Waals surface area contributed by atoms with Crippen LogP contribution < -0.4 is 4.74 Å². The van der Waals surface area contributed by atoms with E-state index in [0.29, 0.717) is 32.4 Å². The van der Waals surface area contributed by atoms with E-state index >= 15 is 0 Å². The zero-order valence-electron chi connectivity index (χ0n) is 19.0. The lowest BCUT2D eigenvalue weighted by Crippen LogP contribution is -2.10. The van der Waals surface area contributed by atoms with Crippen LogP contribution in [0.5, 0.6) is 5.75 Å². The molecule has 3 heterocycles. The molecule has 0 fully saturated rings. The van der Waals surface area contributed by atoms with Gasteiger partial charge in [0.25, 0.3) is 0 Å². The van der Waals surface area contributed by atoms with Crippen LogP contribution >= 0.6 is 23.4 Å². The van der Waals surface area contributed by atoms with Gasteiger partial charge in [0.15, 0.2) is 11.5 Å². The van der Waals surface area contributed by atoms with Crippen LogP contribution in [0.2, 0.25) is 5.02 Å². The predicted octanol–water partition coefficient (Wildman–Crippen LogP) is 4.88. The number of methoxy groups -OCH3 is 1. The largest absolute Gasteiger partial charge is 0.495 e. The van der Waals surface area contributed by atoms with E-state index in [4.69, 9.17) is 16.3 Å². The van der Waals surface area contributed by atoms with Crippen LogP contribution in [0.1, 0.15) is 26.3 Å². The third-order valence-corrected chi connectivity index (χ3v) is 6.45. The lowest BCUT2D eigenvalue weighted by molar-refractivity contribution is 0.415. The first kappa shape index (κ1) is 22.3. The summed E-state index contributed by atoms with van der Waals surface area (Å²) < 4.78 is 8.65. The fourth-order valence-electron chi connectivity index (χ4n) is 3.45. The highest BCUT2D eigenvalue weighted by molar-refractivity contribution is 7.99. The molecule has 2 aromatic carbocycles. The molecule has 11 heteroatoms. The number of fused-ring (bicyclic) bond motifs is 1. The van der Waals surface area contributed by atoms with Crippen LogP contribution in [0.15, 0.2) is 64.8 Å². The van der Waals surface area contributed by atoms with E-state index in [2.05, 4.69) is 75.9 Å². The third-order valence-electron chi connectivity index (χ3n) is 5.28. The van der Waals surface area contributed by atoms with Gasteiger partial charge in [0, 0.05) is 5.56 Å². The van der Waals surface area contributed by atoms with E-state index in [1.54, 1.807) is 13.2 Å². The summed E-state index contributed by atoms with van der Waals surface area (Å²) in [5.74, 6) is 1.28. The minimum Gasteiger partial charge on any atom is -0.495 e. The zero-order chi connectivity index (χ0) is 23.9. The average molecular weight is 493 g/mol. The summed E-state index contributed by atoms with van der Waals surface area (Å²) in [4.78, 5) is 0. The molecule has 0 aliphatic carbocycles. The van der Waals surface area contributed by atoms with Gasteiger partial charge in [-0.2, -0.15) is 0 Å². The molecule has 34 heavy (non-hydrogen) atoms. The van der Waals surface area contributed by atoms with Crippen LogP contribution in [0.3, 0.4) is 0 Å². The molecule has 0 atom stereocenters. The lowest BCUT2D eigenvalue weighted by atomic mass is 9.87. The Bertz CT molecular complexity index is 1470. The number of rotatable bonds is 5. The van der Waals surface area contributed by atoms with Crippen molar-refractivity contribution in [2.45, 2.75) is 36.4 Å². The molecule has 0 aliphatic heterocycles. The number of benzene rings is 2. The van der Waals surface area contributed by atoms with Gasteiger partial charge >= 0.3 is 0 Å². The Morgan fingerprint density at radius 3 is 2.44 bits per heavy atom. The second kappa shape index (κ2) is 8.69. The number of halogens is 1. The van der Waals surface area contributed by atoms with E-state index in [1.165, 1.54) is 22.0 Å². The molecule has 0 bridgehead atoms. The van der Waals surface area contributed by atoms with Crippen molar-refractivity contribution in [3.05, 3.63) is 65.2 Å². The topological polar surface area (TPSA) is 95.9 Å². The summed E-state index contributed by atoms with van der Waals surface area (Å²) in [5, 5.41) is 26.6. The first-order chi connectivity index (χ1) is 16.3. The quantitative estimate of drug-likeness (QED) is 0.342. The maximum atomic E-state index is 6.46. The van der Waals surface area contributed by atoms with Crippen molar-refractivity contribution in [3.8, 4) is 22.8 Å². The molecule has 9 nitrogen and oxygen atoms in total. The van der Waals surface area contributed by atoms with Crippen molar-refractivity contribution < 1.29 is 4.74 Å². The van der Waals surface area contributed by atoms with Crippen LogP contribution in [0.25, 0.3) is 22.7 Å². The highest BCUT2D eigenvalue weighted by Gasteiger charge is 2.20. The number of hydrogen-bond donors (Lipinski definition) is 0. The number of nitrogens with zero attached hydrogens (tertiary/aromatic N) is 8. The van der Waals surface area contributed by atoms with Crippen molar-refractivity contribution in [1.29, 1.82) is 0 Å². The minimum absolute atomic E-state index is 0.0528. The van der Waals surface area contributed by atoms with Crippen molar-refractivity contribution in [1.82, 2.24) is 40.0 Å². The fourth-order valence-corrected chi connectivity index (χ4v) is 4.51. The zero-order valence-corrected chi connectivity index (χ0v) is 20.5. The Morgan fingerprint density at radius 2 is 1.74 bits per heavy atom. The van der Waals surface area contributed by atoms with E-state index in [9.17, 15) is 0 Å². The van der Waals surface area contributed by atoms with E-state index < -0.39 is 0 Å². The standard InChI is InChI=1S/C23H21ClN8OS/c1-23(2,3)15-7-5-14(6-8-15)21-26-27-22(31(21)16-9-10-18(33-4)17(24)13-16)34-20-12-11-19-25-29-30-32(19)28-20/h5-13H,1-4H3. The highest BCUT2D eigenvalue weighted by atomic mass is 35.5. The van der Waals surface area contributed by atoms with Gasteiger partial charge in [-0.3, -0.25) is 4.57 Å². The predicted molar refractivity (Wildman–Crippen MR) is 130 cm³/mol. The van der Waals surface area contributed by atoms with Gasteiger partial charge in [0.05, 0.1) is 17.8 Å². The smallest absolute Gasteiger partial charge is 0.202 e. The van der Waals surface area contributed by atoms with Gasteiger partial charge in [0.1, 0.15) is 10.8 Å². The number of aromatic nitrogens is 8. The summed E-state index contributed by atoms with van der Waals surface area (Å²) in [7, 11) is 1.59. The molecule has 0 spiro atoms. The number of tetrazole rings is 1. The van der Waals surface area contributed by atoms with Crippen LogP contribution in [-0.2, 0) is 5.41 Å². The first-order valence-corrected chi connectivity index (χ1v) is 11.7. The van der Waals surface area contributed by atoms with E-state index in [1.807, 2.05) is 28.8 Å². The normalized spacial score (nSPS) is 11.8. The monoisotopic (exact) mass is 492 g/mol. The van der Waals surface area contributed by atoms with Gasteiger partial charge in [0.2, 0.25) is 5.16 Å². The molecular formula is C23H21ClN8OS. The molecule has 3 aromatic heterocycles. The van der Waals surface area contributed by atoms with Crippen LogP contribution in [-0.4, -0.2) is 47.1 Å². The number of ether oxygens (including phenoxy) is 1. The maximum Gasteiger partial charge on any atom is 0.202 e. The molecule has 172 valence electrons. The van der Waals surface area contributed by atoms with Gasteiger partial charge in [-0.25, -0.2) is 0 Å². The second-order valence-electron chi connectivity index (χ2n) is 8.59. The Hall–Kier alpha value is -3.50. The molecule has 0 unspecified atom stereocenters. The fraction of sp³-hybridized carbons (Fsp3) is 0.217. The van der Waals surface area contributed by atoms with Crippen molar-refractivity contribution >= 4 is 29.0 Å². The lowest BCUT2D eigenvalue weighted by Gasteiger charge is -2.19. The third kappa shape index (κ3) is 4.22. The van der Waals surface area contributed by atoms with Crippen molar-refractivity contribution in [2.24, 2.45) is 0 Å². The summed E-state index contributed by atoms with van der Waals surface area (Å²) in [6.07, 6.45) is 0. The highest BCUT2D eigenvalue weighted by Crippen LogP contribution is 2.35. The summed E-state index contributed by atoms with van der Waals surface area (Å²) >= 11 is 7.81. The molecule has 0 saturated heterocycles. The molecule has 5 aromatic rings. The molecule has 0 N–H and O–H groups in total. The minimum atomic E-state index is 0.0528. The maximum absolute atomic E-state index is 6.46. The Morgan fingerprint density at radius 1 is 0.941 bits per heavy atom. The summed E-state index contributed by atoms with van der Waals surface area (Å²) in [5.41, 5.74) is 3.59. The molecule has 0 saturated carbocycles. The molecule has 0 aliphatic rings. The Labute approximate surface area is 205 Å². The van der Waals surface area contributed by atoms with E-state index in [0.717, 1.165) is 11.3 Å². The Balaban J connectivity index is 1.61. The average Bonchev–Trinajstić information content (AvgIpc) is 3.45. The van der Waals surface area contributed by atoms with Crippen LogP contribution in [0, 0.1) is 0 Å². The molecule has 0 radical (unpaired) electrons. The van der Waals surface area contributed by atoms with Crippen LogP contribution in [0.4, 0.5) is 0 Å². The van der Waals surface area contributed by atoms with Gasteiger partial charge in [-0.15, -0.1) is 25.0 Å².